The molecule has 1 aromatic rings. The Bertz CT molecular complexity index is 392. The van der Waals surface area contributed by atoms with E-state index >= 15 is 0 Å². The molecule has 82 valence electrons. The molecule has 0 aliphatic heterocycles. The highest BCUT2D eigenvalue weighted by molar-refractivity contribution is 6.33. The van der Waals surface area contributed by atoms with Crippen molar-refractivity contribution in [1.29, 1.82) is 0 Å². The lowest BCUT2D eigenvalue weighted by atomic mass is 10.1. The zero-order chi connectivity index (χ0) is 11.6. The van der Waals surface area contributed by atoms with Crippen LogP contribution in [0.2, 0.25) is 5.02 Å². The number of pyridine rings is 1. The molecule has 0 saturated heterocycles. The van der Waals surface area contributed by atoms with Gasteiger partial charge in [-0.2, -0.15) is 13.2 Å². The molecule has 7 heteroatoms. The van der Waals surface area contributed by atoms with E-state index in [1.807, 2.05) is 0 Å². The smallest absolute Gasteiger partial charge is 0.418 e. The SMILES string of the molecule is COC(=O)c1c(Cl)cncc1C(F)(F)F. The number of ether oxygens (including phenoxy) is 1. The van der Waals surface area contributed by atoms with Crippen molar-refractivity contribution in [3.8, 4) is 0 Å². The zero-order valence-corrected chi connectivity index (χ0v) is 8.19. The van der Waals surface area contributed by atoms with Gasteiger partial charge in [0.25, 0.3) is 0 Å². The number of halogens is 4. The normalized spacial score (nSPS) is 11.3. The van der Waals surface area contributed by atoms with Crippen molar-refractivity contribution in [1.82, 2.24) is 4.98 Å². The number of rotatable bonds is 1. The molecule has 0 bridgehead atoms. The lowest BCUT2D eigenvalue weighted by molar-refractivity contribution is -0.138. The van der Waals surface area contributed by atoms with Crippen LogP contribution in [0.4, 0.5) is 13.2 Å². The predicted molar refractivity (Wildman–Crippen MR) is 45.6 cm³/mol. The molecule has 0 unspecified atom stereocenters. The topological polar surface area (TPSA) is 39.2 Å². The van der Waals surface area contributed by atoms with E-state index in [2.05, 4.69) is 9.72 Å². The van der Waals surface area contributed by atoms with Gasteiger partial charge in [0.15, 0.2) is 0 Å². The van der Waals surface area contributed by atoms with E-state index in [0.717, 1.165) is 13.3 Å². The van der Waals surface area contributed by atoms with Crippen LogP contribution >= 0.6 is 11.6 Å². The fraction of sp³-hybridized carbons (Fsp3) is 0.250. The van der Waals surface area contributed by atoms with Crippen LogP contribution in [0.1, 0.15) is 15.9 Å². The molecule has 0 aromatic carbocycles. The van der Waals surface area contributed by atoms with Gasteiger partial charge in [0.2, 0.25) is 0 Å². The highest BCUT2D eigenvalue weighted by atomic mass is 35.5. The molecule has 15 heavy (non-hydrogen) atoms. The van der Waals surface area contributed by atoms with Crippen LogP contribution in [-0.2, 0) is 10.9 Å². The van der Waals surface area contributed by atoms with Gasteiger partial charge < -0.3 is 4.74 Å². The van der Waals surface area contributed by atoms with Crippen LogP contribution in [0.15, 0.2) is 12.4 Å². The third-order valence-electron chi connectivity index (χ3n) is 1.59. The van der Waals surface area contributed by atoms with Gasteiger partial charge in [0, 0.05) is 12.4 Å². The number of carbonyl (C=O) groups excluding carboxylic acids is 1. The van der Waals surface area contributed by atoms with Crippen LogP contribution < -0.4 is 0 Å². The summed E-state index contributed by atoms with van der Waals surface area (Å²) >= 11 is 5.45. The van der Waals surface area contributed by atoms with E-state index in [1.165, 1.54) is 0 Å². The van der Waals surface area contributed by atoms with Crippen molar-refractivity contribution < 1.29 is 22.7 Å². The number of nitrogens with zero attached hydrogens (tertiary/aromatic N) is 1. The Morgan fingerprint density at radius 3 is 2.53 bits per heavy atom. The van der Waals surface area contributed by atoms with Gasteiger partial charge in [-0.3, -0.25) is 4.98 Å². The second kappa shape index (κ2) is 4.06. The molecule has 0 spiro atoms. The Morgan fingerprint density at radius 2 is 2.07 bits per heavy atom. The first kappa shape index (κ1) is 11.8. The fourth-order valence-corrected chi connectivity index (χ4v) is 1.19. The van der Waals surface area contributed by atoms with Gasteiger partial charge in [-0.25, -0.2) is 4.79 Å². The minimum absolute atomic E-state index is 0.392. The second-order valence-electron chi connectivity index (χ2n) is 2.53. The minimum Gasteiger partial charge on any atom is -0.465 e. The van der Waals surface area contributed by atoms with Crippen LogP contribution in [0.25, 0.3) is 0 Å². The van der Waals surface area contributed by atoms with Gasteiger partial charge in [0.05, 0.1) is 23.3 Å². The van der Waals surface area contributed by atoms with E-state index in [9.17, 15) is 18.0 Å². The Morgan fingerprint density at radius 1 is 1.47 bits per heavy atom. The molecule has 0 N–H and O–H groups in total. The van der Waals surface area contributed by atoms with Crippen molar-refractivity contribution in [3.63, 3.8) is 0 Å². The van der Waals surface area contributed by atoms with Crippen molar-refractivity contribution in [2.24, 2.45) is 0 Å². The van der Waals surface area contributed by atoms with Gasteiger partial charge >= 0.3 is 12.1 Å². The first-order valence-corrected chi connectivity index (χ1v) is 4.04. The largest absolute Gasteiger partial charge is 0.465 e. The molecular formula is C8H5ClF3NO2. The number of hydrogen-bond acceptors (Lipinski definition) is 3. The first-order valence-electron chi connectivity index (χ1n) is 3.67. The maximum absolute atomic E-state index is 12.4. The molecule has 0 aliphatic rings. The molecule has 0 radical (unpaired) electrons. The molecule has 0 amide bonds. The van der Waals surface area contributed by atoms with E-state index in [4.69, 9.17) is 11.6 Å². The lowest BCUT2D eigenvalue weighted by Crippen LogP contribution is -2.15. The van der Waals surface area contributed by atoms with E-state index in [1.54, 1.807) is 0 Å². The quantitative estimate of drug-likeness (QED) is 0.707. The average molecular weight is 240 g/mol. The molecule has 0 saturated carbocycles. The van der Waals surface area contributed by atoms with Gasteiger partial charge in [0.1, 0.15) is 0 Å². The maximum Gasteiger partial charge on any atom is 0.418 e. The third kappa shape index (κ3) is 2.38. The zero-order valence-electron chi connectivity index (χ0n) is 7.43. The molecule has 0 fully saturated rings. The van der Waals surface area contributed by atoms with Crippen LogP contribution in [0.5, 0.6) is 0 Å². The maximum atomic E-state index is 12.4. The standard InChI is InChI=1S/C8H5ClF3NO2/c1-15-7(14)6-4(8(10,11)12)2-13-3-5(6)9/h2-3H,1H3. The second-order valence-corrected chi connectivity index (χ2v) is 2.94. The summed E-state index contributed by atoms with van der Waals surface area (Å²) in [6.45, 7) is 0. The molecule has 3 nitrogen and oxygen atoms in total. The summed E-state index contributed by atoms with van der Waals surface area (Å²) in [6.07, 6.45) is -3.22. The number of hydrogen-bond donors (Lipinski definition) is 0. The van der Waals surface area contributed by atoms with E-state index in [-0.39, 0.29) is 0 Å². The van der Waals surface area contributed by atoms with E-state index in [0.29, 0.717) is 6.20 Å². The Hall–Kier alpha value is -1.30. The Labute approximate surface area is 87.8 Å². The summed E-state index contributed by atoms with van der Waals surface area (Å²) in [4.78, 5) is 14.3. The summed E-state index contributed by atoms with van der Waals surface area (Å²) in [6, 6.07) is 0. The monoisotopic (exact) mass is 239 g/mol. The average Bonchev–Trinajstić information content (AvgIpc) is 2.15. The van der Waals surface area contributed by atoms with Gasteiger partial charge in [-0.15, -0.1) is 0 Å². The summed E-state index contributed by atoms with van der Waals surface area (Å²) in [5, 5.41) is -0.392. The minimum atomic E-state index is -4.69. The Kier molecular flexibility index (Phi) is 3.18. The van der Waals surface area contributed by atoms with Crippen molar-refractivity contribution in [2.45, 2.75) is 6.18 Å². The molecule has 1 rings (SSSR count). The van der Waals surface area contributed by atoms with Gasteiger partial charge in [-0.05, 0) is 0 Å². The van der Waals surface area contributed by atoms with Crippen molar-refractivity contribution in [3.05, 3.63) is 28.5 Å². The fourth-order valence-electron chi connectivity index (χ4n) is 0.959. The molecular weight excluding hydrogens is 235 g/mol. The molecule has 1 heterocycles. The summed E-state index contributed by atoms with van der Waals surface area (Å²) in [5.41, 5.74) is -1.93. The molecule has 0 aliphatic carbocycles. The highest BCUT2D eigenvalue weighted by Gasteiger charge is 2.37. The summed E-state index contributed by atoms with van der Waals surface area (Å²) in [7, 11) is 0.971. The molecule has 0 atom stereocenters. The number of carbonyl (C=O) groups is 1. The number of aromatic nitrogens is 1. The van der Waals surface area contributed by atoms with E-state index < -0.39 is 28.3 Å². The van der Waals surface area contributed by atoms with Crippen LogP contribution in [-0.4, -0.2) is 18.1 Å². The number of methoxy groups -OCH3 is 1. The summed E-state index contributed by atoms with van der Waals surface area (Å²) < 4.78 is 41.5. The van der Waals surface area contributed by atoms with Crippen LogP contribution in [0.3, 0.4) is 0 Å². The summed E-state index contributed by atoms with van der Waals surface area (Å²) in [5.74, 6) is -1.14. The lowest BCUT2D eigenvalue weighted by Gasteiger charge is -2.11. The highest BCUT2D eigenvalue weighted by Crippen LogP contribution is 2.34. The first-order chi connectivity index (χ1) is 6.88. The van der Waals surface area contributed by atoms with Crippen molar-refractivity contribution >= 4 is 17.6 Å². The molecule has 1 aromatic heterocycles. The Balaban J connectivity index is 3.40. The van der Waals surface area contributed by atoms with Crippen molar-refractivity contribution in [2.75, 3.05) is 7.11 Å². The number of esters is 1. The number of alkyl halides is 3. The predicted octanol–water partition coefficient (Wildman–Crippen LogP) is 2.54. The van der Waals surface area contributed by atoms with Crippen LogP contribution in [0, 0.1) is 0 Å². The van der Waals surface area contributed by atoms with Gasteiger partial charge in [-0.1, -0.05) is 11.6 Å². The third-order valence-corrected chi connectivity index (χ3v) is 1.88.